The first-order valence-corrected chi connectivity index (χ1v) is 16.7. The number of anilines is 1. The minimum atomic E-state index is -4.30. The number of rotatable bonds is 12. The fourth-order valence-electron chi connectivity index (χ4n) is 5.59. The quantitative estimate of drug-likeness (QED) is 0.194. The summed E-state index contributed by atoms with van der Waals surface area (Å²) in [7, 11) is -4.30. The Morgan fingerprint density at radius 1 is 0.844 bits per heavy atom. The van der Waals surface area contributed by atoms with E-state index < -0.39 is 34.3 Å². The SMILES string of the molecule is O=C(NC1CCCC1)[C@@H](Cc1ccccc1)N(Cc1ccccc1)C(=O)CN(c1ccc(F)c(Cl)c1)S(=O)(=O)c1ccccc1. The molecule has 7 nitrogen and oxygen atoms in total. The summed E-state index contributed by atoms with van der Waals surface area (Å²) < 4.78 is 43.1. The fourth-order valence-corrected chi connectivity index (χ4v) is 7.19. The number of hydrogen-bond donors (Lipinski definition) is 1. The molecule has 234 valence electrons. The Kier molecular flexibility index (Phi) is 10.5. The molecule has 1 N–H and O–H groups in total. The third-order valence-electron chi connectivity index (χ3n) is 7.97. The van der Waals surface area contributed by atoms with Gasteiger partial charge in [0, 0.05) is 19.0 Å². The van der Waals surface area contributed by atoms with Crippen LogP contribution in [0.2, 0.25) is 5.02 Å². The summed E-state index contributed by atoms with van der Waals surface area (Å²) in [6.45, 7) is -0.577. The maximum Gasteiger partial charge on any atom is 0.264 e. The fraction of sp³-hybridized carbons (Fsp3) is 0.257. The van der Waals surface area contributed by atoms with Crippen molar-refractivity contribution in [2.45, 2.75) is 55.6 Å². The Morgan fingerprint density at radius 2 is 1.42 bits per heavy atom. The zero-order chi connectivity index (χ0) is 31.8. The highest BCUT2D eigenvalue weighted by Crippen LogP contribution is 2.29. The minimum absolute atomic E-state index is 0.0146. The summed E-state index contributed by atoms with van der Waals surface area (Å²) in [6.07, 6.45) is 4.00. The lowest BCUT2D eigenvalue weighted by Crippen LogP contribution is -2.54. The van der Waals surface area contributed by atoms with Crippen molar-refractivity contribution in [1.29, 1.82) is 0 Å². The minimum Gasteiger partial charge on any atom is -0.352 e. The molecule has 1 atom stereocenters. The van der Waals surface area contributed by atoms with Crippen molar-refractivity contribution in [3.05, 3.63) is 131 Å². The third kappa shape index (κ3) is 8.09. The second-order valence-electron chi connectivity index (χ2n) is 11.1. The summed E-state index contributed by atoms with van der Waals surface area (Å²) in [5, 5.41) is 2.87. The van der Waals surface area contributed by atoms with Crippen LogP contribution in [0.3, 0.4) is 0 Å². The summed E-state index contributed by atoms with van der Waals surface area (Å²) in [6, 6.07) is 28.9. The first-order valence-electron chi connectivity index (χ1n) is 14.9. The maximum atomic E-state index is 14.5. The van der Waals surface area contributed by atoms with Gasteiger partial charge >= 0.3 is 0 Å². The molecule has 4 aromatic rings. The predicted molar refractivity (Wildman–Crippen MR) is 174 cm³/mol. The van der Waals surface area contributed by atoms with E-state index in [4.69, 9.17) is 11.6 Å². The first-order chi connectivity index (χ1) is 21.7. The van der Waals surface area contributed by atoms with Gasteiger partial charge in [0.05, 0.1) is 15.6 Å². The van der Waals surface area contributed by atoms with Crippen molar-refractivity contribution in [2.24, 2.45) is 0 Å². The van der Waals surface area contributed by atoms with Gasteiger partial charge in [-0.25, -0.2) is 12.8 Å². The number of benzene rings is 4. The van der Waals surface area contributed by atoms with E-state index in [1.54, 1.807) is 18.2 Å². The van der Waals surface area contributed by atoms with E-state index in [1.165, 1.54) is 29.2 Å². The lowest BCUT2D eigenvalue weighted by molar-refractivity contribution is -0.140. The van der Waals surface area contributed by atoms with E-state index in [1.807, 2.05) is 60.7 Å². The number of hydrogen-bond acceptors (Lipinski definition) is 4. The molecule has 1 saturated carbocycles. The van der Waals surface area contributed by atoms with E-state index in [0.29, 0.717) is 0 Å². The van der Waals surface area contributed by atoms with Gasteiger partial charge in [0.1, 0.15) is 18.4 Å². The topological polar surface area (TPSA) is 86.8 Å². The molecule has 0 aromatic heterocycles. The molecular weight excluding hydrogens is 613 g/mol. The summed E-state index contributed by atoms with van der Waals surface area (Å²) in [4.78, 5) is 29.9. The van der Waals surface area contributed by atoms with Crippen LogP contribution in [0.5, 0.6) is 0 Å². The molecule has 0 unspecified atom stereocenters. The molecule has 1 fully saturated rings. The van der Waals surface area contributed by atoms with E-state index >= 15 is 0 Å². The standard InChI is InChI=1S/C35H35ClFN3O4S/c36-31-23-29(20-21-32(31)37)40(45(43,44)30-18-8-3-9-19-30)25-34(41)39(24-27-14-6-2-7-15-27)33(22-26-12-4-1-5-13-26)35(42)38-28-16-10-11-17-28/h1-9,12-15,18-21,23,28,33H,10-11,16-17,22,24-25H2,(H,38,42)/t33-/m1/s1. The van der Waals surface area contributed by atoms with Crippen molar-refractivity contribution in [2.75, 3.05) is 10.8 Å². The summed E-state index contributed by atoms with van der Waals surface area (Å²) in [5.41, 5.74) is 1.65. The smallest absolute Gasteiger partial charge is 0.264 e. The molecule has 0 radical (unpaired) electrons. The van der Waals surface area contributed by atoms with Crippen molar-refractivity contribution < 1.29 is 22.4 Å². The number of carbonyl (C=O) groups is 2. The van der Waals surface area contributed by atoms with Crippen LogP contribution in [0.4, 0.5) is 10.1 Å². The lowest BCUT2D eigenvalue weighted by atomic mass is 10.0. The van der Waals surface area contributed by atoms with Gasteiger partial charge < -0.3 is 10.2 Å². The first kappa shape index (κ1) is 32.2. The molecular formula is C35H35ClFN3O4S. The second-order valence-corrected chi connectivity index (χ2v) is 13.4. The monoisotopic (exact) mass is 647 g/mol. The molecule has 4 aromatic carbocycles. The van der Waals surface area contributed by atoms with Crippen molar-refractivity contribution >= 4 is 39.1 Å². The number of nitrogens with one attached hydrogen (secondary N) is 1. The molecule has 45 heavy (non-hydrogen) atoms. The molecule has 0 aliphatic heterocycles. The van der Waals surface area contributed by atoms with Crippen LogP contribution >= 0.6 is 11.6 Å². The molecule has 10 heteroatoms. The van der Waals surface area contributed by atoms with Crippen LogP contribution in [0.25, 0.3) is 0 Å². The van der Waals surface area contributed by atoms with E-state index in [9.17, 15) is 22.4 Å². The van der Waals surface area contributed by atoms with Gasteiger partial charge in [-0.1, -0.05) is 103 Å². The molecule has 1 aliphatic rings. The Bertz CT molecular complexity index is 1700. The number of carbonyl (C=O) groups excluding carboxylic acids is 2. The van der Waals surface area contributed by atoms with Crippen LogP contribution in [-0.4, -0.2) is 43.8 Å². The Morgan fingerprint density at radius 3 is 2.02 bits per heavy atom. The predicted octanol–water partition coefficient (Wildman–Crippen LogP) is 6.37. The van der Waals surface area contributed by atoms with Gasteiger partial charge in [-0.05, 0) is 54.3 Å². The van der Waals surface area contributed by atoms with Gasteiger partial charge in [-0.2, -0.15) is 0 Å². The van der Waals surface area contributed by atoms with Crippen LogP contribution in [0, 0.1) is 5.82 Å². The number of nitrogens with zero attached hydrogens (tertiary/aromatic N) is 2. The average molecular weight is 648 g/mol. The summed E-state index contributed by atoms with van der Waals surface area (Å²) >= 11 is 6.08. The highest BCUT2D eigenvalue weighted by molar-refractivity contribution is 7.92. The molecule has 2 amide bonds. The molecule has 0 heterocycles. The van der Waals surface area contributed by atoms with Crippen molar-refractivity contribution in [1.82, 2.24) is 10.2 Å². The maximum absolute atomic E-state index is 14.5. The molecule has 0 bridgehead atoms. The number of halogens is 2. The normalized spacial score (nSPS) is 14.1. The van der Waals surface area contributed by atoms with E-state index in [-0.39, 0.29) is 40.5 Å². The van der Waals surface area contributed by atoms with Gasteiger partial charge in [0.25, 0.3) is 10.0 Å². The second kappa shape index (κ2) is 14.7. The van der Waals surface area contributed by atoms with Crippen LogP contribution in [-0.2, 0) is 32.6 Å². The van der Waals surface area contributed by atoms with Crippen molar-refractivity contribution in [3.8, 4) is 0 Å². The summed E-state index contributed by atoms with van der Waals surface area (Å²) in [5.74, 6) is -1.61. The van der Waals surface area contributed by atoms with E-state index in [0.717, 1.165) is 47.2 Å². The molecule has 0 saturated heterocycles. The highest BCUT2D eigenvalue weighted by atomic mass is 35.5. The Balaban J connectivity index is 1.56. The Labute approximate surface area is 268 Å². The lowest BCUT2D eigenvalue weighted by Gasteiger charge is -2.34. The van der Waals surface area contributed by atoms with Gasteiger partial charge in [-0.3, -0.25) is 13.9 Å². The Hall–Kier alpha value is -4.21. The van der Waals surface area contributed by atoms with Crippen LogP contribution < -0.4 is 9.62 Å². The average Bonchev–Trinajstić information content (AvgIpc) is 3.57. The molecule has 0 spiro atoms. The molecule has 5 rings (SSSR count). The molecule has 1 aliphatic carbocycles. The zero-order valence-electron chi connectivity index (χ0n) is 24.7. The van der Waals surface area contributed by atoms with Gasteiger partial charge in [0.15, 0.2) is 0 Å². The van der Waals surface area contributed by atoms with Gasteiger partial charge in [-0.15, -0.1) is 0 Å². The van der Waals surface area contributed by atoms with Crippen molar-refractivity contribution in [3.63, 3.8) is 0 Å². The van der Waals surface area contributed by atoms with E-state index in [2.05, 4.69) is 5.32 Å². The largest absolute Gasteiger partial charge is 0.352 e. The third-order valence-corrected chi connectivity index (χ3v) is 10.0. The van der Waals surface area contributed by atoms with Crippen LogP contribution in [0.1, 0.15) is 36.8 Å². The number of amides is 2. The number of sulfonamides is 1. The zero-order valence-corrected chi connectivity index (χ0v) is 26.3. The van der Waals surface area contributed by atoms with Crippen LogP contribution in [0.15, 0.2) is 114 Å². The highest BCUT2D eigenvalue weighted by Gasteiger charge is 2.35. The van der Waals surface area contributed by atoms with Gasteiger partial charge in [0.2, 0.25) is 11.8 Å².